The maximum absolute atomic E-state index is 12.2. The molecule has 0 aromatic heterocycles. The molecular weight excluding hydrogens is 376 g/mol. The zero-order valence-electron chi connectivity index (χ0n) is 14.6. The zero-order valence-corrected chi connectivity index (χ0v) is 16.2. The van der Waals surface area contributed by atoms with E-state index < -0.39 is 15.9 Å². The van der Waals surface area contributed by atoms with Gasteiger partial charge in [-0.1, -0.05) is 29.8 Å². The molecule has 2 rings (SSSR count). The van der Waals surface area contributed by atoms with Gasteiger partial charge in [0.05, 0.1) is 19.9 Å². The number of methoxy groups -OCH3 is 1. The molecule has 140 valence electrons. The first-order valence-corrected chi connectivity index (χ1v) is 10.1. The van der Waals surface area contributed by atoms with Crippen molar-refractivity contribution in [2.45, 2.75) is 6.42 Å². The second kappa shape index (κ2) is 9.02. The van der Waals surface area contributed by atoms with Gasteiger partial charge in [0.2, 0.25) is 15.9 Å². The fourth-order valence-electron chi connectivity index (χ4n) is 2.41. The fourth-order valence-corrected chi connectivity index (χ4v) is 3.31. The summed E-state index contributed by atoms with van der Waals surface area (Å²) in [5, 5.41) is 3.22. The standard InChI is InChI=1S/C18H21ClN2O4S/c1-25-17-6-4-3-5-14(17)11-12-21(26(2,23)24)13-18(22)20-16-9-7-15(19)8-10-16/h3-10H,11-13H2,1-2H3,(H,20,22). The van der Waals surface area contributed by atoms with E-state index in [4.69, 9.17) is 16.3 Å². The number of halogens is 1. The lowest BCUT2D eigenvalue weighted by Gasteiger charge is -2.20. The average molecular weight is 397 g/mol. The van der Waals surface area contributed by atoms with Crippen molar-refractivity contribution in [1.82, 2.24) is 4.31 Å². The lowest BCUT2D eigenvalue weighted by Crippen LogP contribution is -2.38. The first-order chi connectivity index (χ1) is 12.3. The molecule has 0 radical (unpaired) electrons. The summed E-state index contributed by atoms with van der Waals surface area (Å²) in [4.78, 5) is 12.2. The Hall–Kier alpha value is -2.09. The second-order valence-corrected chi connectivity index (χ2v) is 8.13. The molecule has 0 saturated heterocycles. The van der Waals surface area contributed by atoms with Crippen LogP contribution in [0.5, 0.6) is 5.75 Å². The number of nitrogens with zero attached hydrogens (tertiary/aromatic N) is 1. The van der Waals surface area contributed by atoms with Crippen LogP contribution in [-0.2, 0) is 21.2 Å². The van der Waals surface area contributed by atoms with Crippen LogP contribution in [0.2, 0.25) is 5.02 Å². The van der Waals surface area contributed by atoms with Crippen LogP contribution in [0, 0.1) is 0 Å². The molecule has 0 heterocycles. The summed E-state index contributed by atoms with van der Waals surface area (Å²) in [5.74, 6) is 0.268. The van der Waals surface area contributed by atoms with Crippen molar-refractivity contribution in [2.75, 3.05) is 31.8 Å². The molecular formula is C18H21ClN2O4S. The van der Waals surface area contributed by atoms with Crippen LogP contribution in [0.3, 0.4) is 0 Å². The number of hydrogen-bond acceptors (Lipinski definition) is 4. The summed E-state index contributed by atoms with van der Waals surface area (Å²) < 4.78 is 30.5. The summed E-state index contributed by atoms with van der Waals surface area (Å²) in [6, 6.07) is 14.0. The molecule has 1 amide bonds. The molecule has 0 aliphatic heterocycles. The highest BCUT2D eigenvalue weighted by Gasteiger charge is 2.20. The van der Waals surface area contributed by atoms with E-state index in [2.05, 4.69) is 5.32 Å². The normalized spacial score (nSPS) is 11.4. The van der Waals surface area contributed by atoms with Gasteiger partial charge in [0.15, 0.2) is 0 Å². The number of benzene rings is 2. The van der Waals surface area contributed by atoms with Crippen molar-refractivity contribution in [3.8, 4) is 5.75 Å². The Balaban J connectivity index is 2.03. The maximum Gasteiger partial charge on any atom is 0.239 e. The summed E-state index contributed by atoms with van der Waals surface area (Å²) in [7, 11) is -1.98. The number of sulfonamides is 1. The van der Waals surface area contributed by atoms with E-state index in [-0.39, 0.29) is 13.1 Å². The summed E-state index contributed by atoms with van der Waals surface area (Å²) in [6.07, 6.45) is 1.52. The number of ether oxygens (including phenoxy) is 1. The number of rotatable bonds is 8. The largest absolute Gasteiger partial charge is 0.496 e. The van der Waals surface area contributed by atoms with Crippen molar-refractivity contribution in [3.63, 3.8) is 0 Å². The molecule has 6 nitrogen and oxygen atoms in total. The summed E-state index contributed by atoms with van der Waals surface area (Å²) >= 11 is 5.81. The van der Waals surface area contributed by atoms with Crippen LogP contribution in [0.25, 0.3) is 0 Å². The predicted octanol–water partition coefficient (Wildman–Crippen LogP) is 2.79. The number of carbonyl (C=O) groups is 1. The molecule has 0 aliphatic rings. The minimum absolute atomic E-state index is 0.174. The lowest BCUT2D eigenvalue weighted by atomic mass is 10.1. The molecule has 0 spiro atoms. The van der Waals surface area contributed by atoms with Crippen LogP contribution in [0.15, 0.2) is 48.5 Å². The Kier molecular flexibility index (Phi) is 7.02. The monoisotopic (exact) mass is 396 g/mol. The van der Waals surface area contributed by atoms with Gasteiger partial charge in [-0.25, -0.2) is 8.42 Å². The quantitative estimate of drug-likeness (QED) is 0.744. The second-order valence-electron chi connectivity index (χ2n) is 5.71. The number of para-hydroxylation sites is 1. The molecule has 8 heteroatoms. The van der Waals surface area contributed by atoms with Crippen LogP contribution < -0.4 is 10.1 Å². The average Bonchev–Trinajstić information content (AvgIpc) is 2.60. The van der Waals surface area contributed by atoms with Gasteiger partial charge in [-0.2, -0.15) is 4.31 Å². The van der Waals surface area contributed by atoms with E-state index in [0.717, 1.165) is 16.1 Å². The van der Waals surface area contributed by atoms with Gasteiger partial charge < -0.3 is 10.1 Å². The first kappa shape index (κ1) is 20.2. The Morgan fingerprint density at radius 3 is 2.42 bits per heavy atom. The number of anilines is 1. The highest BCUT2D eigenvalue weighted by atomic mass is 35.5. The Morgan fingerprint density at radius 1 is 1.15 bits per heavy atom. The van der Waals surface area contributed by atoms with Crippen molar-refractivity contribution in [3.05, 3.63) is 59.1 Å². The van der Waals surface area contributed by atoms with Crippen molar-refractivity contribution < 1.29 is 17.9 Å². The van der Waals surface area contributed by atoms with E-state index in [1.165, 1.54) is 0 Å². The molecule has 0 bridgehead atoms. The number of hydrogen-bond donors (Lipinski definition) is 1. The van der Waals surface area contributed by atoms with Gasteiger partial charge in [-0.15, -0.1) is 0 Å². The smallest absolute Gasteiger partial charge is 0.239 e. The minimum atomic E-state index is -3.54. The first-order valence-electron chi connectivity index (χ1n) is 7.92. The van der Waals surface area contributed by atoms with Gasteiger partial charge in [-0.05, 0) is 42.3 Å². The molecule has 1 N–H and O–H groups in total. The fraction of sp³-hybridized carbons (Fsp3) is 0.278. The molecule has 2 aromatic carbocycles. The third-order valence-corrected chi connectivity index (χ3v) is 5.24. The Bertz CT molecular complexity index is 854. The predicted molar refractivity (Wildman–Crippen MR) is 103 cm³/mol. The Morgan fingerprint density at radius 2 is 1.81 bits per heavy atom. The number of carbonyl (C=O) groups excluding carboxylic acids is 1. The van der Waals surface area contributed by atoms with Crippen molar-refractivity contribution in [1.29, 1.82) is 0 Å². The zero-order chi connectivity index (χ0) is 19.2. The molecule has 0 aliphatic carbocycles. The molecule has 0 unspecified atom stereocenters. The van der Waals surface area contributed by atoms with Crippen molar-refractivity contribution in [2.24, 2.45) is 0 Å². The molecule has 0 fully saturated rings. The van der Waals surface area contributed by atoms with Gasteiger partial charge in [0.1, 0.15) is 5.75 Å². The Labute approximate surface area is 158 Å². The van der Waals surface area contributed by atoms with Crippen LogP contribution in [0.4, 0.5) is 5.69 Å². The third kappa shape index (κ3) is 6.01. The van der Waals surface area contributed by atoms with E-state index in [1.54, 1.807) is 31.4 Å². The SMILES string of the molecule is COc1ccccc1CCN(CC(=O)Nc1ccc(Cl)cc1)S(C)(=O)=O. The van der Waals surface area contributed by atoms with Crippen molar-refractivity contribution >= 4 is 33.2 Å². The van der Waals surface area contributed by atoms with E-state index in [1.807, 2.05) is 24.3 Å². The van der Waals surface area contributed by atoms with Gasteiger partial charge in [0.25, 0.3) is 0 Å². The molecule has 26 heavy (non-hydrogen) atoms. The highest BCUT2D eigenvalue weighted by Crippen LogP contribution is 2.18. The van der Waals surface area contributed by atoms with E-state index in [9.17, 15) is 13.2 Å². The molecule has 0 saturated carbocycles. The third-order valence-electron chi connectivity index (χ3n) is 3.74. The summed E-state index contributed by atoms with van der Waals surface area (Å²) in [5.41, 5.74) is 1.43. The minimum Gasteiger partial charge on any atom is -0.496 e. The van der Waals surface area contributed by atoms with Crippen LogP contribution >= 0.6 is 11.6 Å². The topological polar surface area (TPSA) is 75.7 Å². The van der Waals surface area contributed by atoms with E-state index in [0.29, 0.717) is 22.9 Å². The molecule has 0 atom stereocenters. The maximum atomic E-state index is 12.2. The van der Waals surface area contributed by atoms with Gasteiger partial charge in [0, 0.05) is 17.3 Å². The number of nitrogens with one attached hydrogen (secondary N) is 1. The van der Waals surface area contributed by atoms with E-state index >= 15 is 0 Å². The van der Waals surface area contributed by atoms with Gasteiger partial charge >= 0.3 is 0 Å². The van der Waals surface area contributed by atoms with Gasteiger partial charge in [-0.3, -0.25) is 4.79 Å². The highest BCUT2D eigenvalue weighted by molar-refractivity contribution is 7.88. The summed E-state index contributed by atoms with van der Waals surface area (Å²) in [6.45, 7) is -0.0934. The molecule has 2 aromatic rings. The number of amides is 1. The van der Waals surface area contributed by atoms with Crippen LogP contribution in [-0.4, -0.2) is 45.1 Å². The van der Waals surface area contributed by atoms with Crippen LogP contribution in [0.1, 0.15) is 5.56 Å². The lowest BCUT2D eigenvalue weighted by molar-refractivity contribution is -0.116.